The van der Waals surface area contributed by atoms with Gasteiger partial charge in [0, 0.05) is 30.5 Å². The molecule has 1 N–H and O–H groups in total. The Morgan fingerprint density at radius 2 is 1.91 bits per heavy atom. The molecule has 1 fully saturated rings. The van der Waals surface area contributed by atoms with Crippen molar-refractivity contribution in [1.29, 1.82) is 0 Å². The van der Waals surface area contributed by atoms with Crippen molar-refractivity contribution < 1.29 is 4.79 Å². The highest BCUT2D eigenvalue weighted by atomic mass is 35.5. The second kappa shape index (κ2) is 6.84. The van der Waals surface area contributed by atoms with Crippen molar-refractivity contribution in [3.8, 4) is 0 Å². The Kier molecular flexibility index (Phi) is 5.26. The molecule has 3 rings (SSSR count). The maximum absolute atomic E-state index is 12.9. The molecular formula is C16H24ClN5O. The number of amides is 1. The van der Waals surface area contributed by atoms with E-state index in [9.17, 15) is 4.79 Å². The summed E-state index contributed by atoms with van der Waals surface area (Å²) in [5, 5.41) is 7.78. The van der Waals surface area contributed by atoms with E-state index in [1.807, 2.05) is 38.8 Å². The maximum atomic E-state index is 12.9. The van der Waals surface area contributed by atoms with Crippen molar-refractivity contribution in [2.45, 2.75) is 39.7 Å². The molecule has 0 atom stereocenters. The van der Waals surface area contributed by atoms with E-state index >= 15 is 0 Å². The van der Waals surface area contributed by atoms with Gasteiger partial charge in [-0.1, -0.05) is 0 Å². The number of aromatic nitrogens is 3. The fourth-order valence-corrected chi connectivity index (χ4v) is 3.21. The molecule has 0 aliphatic carbocycles. The van der Waals surface area contributed by atoms with Crippen LogP contribution in [-0.4, -0.2) is 51.6 Å². The van der Waals surface area contributed by atoms with E-state index in [1.165, 1.54) is 0 Å². The topological polar surface area (TPSA) is 62.5 Å². The molecule has 3 heterocycles. The van der Waals surface area contributed by atoms with Gasteiger partial charge in [0.05, 0.1) is 5.69 Å². The molecule has 0 saturated carbocycles. The van der Waals surface area contributed by atoms with E-state index < -0.39 is 0 Å². The molecule has 1 amide bonds. The highest BCUT2D eigenvalue weighted by Crippen LogP contribution is 2.20. The molecule has 0 aromatic carbocycles. The maximum Gasteiger partial charge on any atom is 0.259 e. The summed E-state index contributed by atoms with van der Waals surface area (Å²) < 4.78 is 1.77. The number of piperidine rings is 1. The lowest BCUT2D eigenvalue weighted by molar-refractivity contribution is 0.0708. The number of rotatable bonds is 2. The number of likely N-dealkylation sites (tertiary alicyclic amines) is 1. The molecule has 1 aliphatic heterocycles. The Labute approximate surface area is 142 Å². The zero-order chi connectivity index (χ0) is 15.9. The van der Waals surface area contributed by atoms with Crippen LogP contribution in [0.5, 0.6) is 0 Å². The van der Waals surface area contributed by atoms with Crippen molar-refractivity contribution in [3.05, 3.63) is 28.7 Å². The van der Waals surface area contributed by atoms with Gasteiger partial charge in [0.2, 0.25) is 0 Å². The van der Waals surface area contributed by atoms with E-state index in [4.69, 9.17) is 0 Å². The van der Waals surface area contributed by atoms with Crippen LogP contribution in [0.3, 0.4) is 0 Å². The number of hydrogen-bond donors (Lipinski definition) is 1. The van der Waals surface area contributed by atoms with Crippen LogP contribution in [0.4, 0.5) is 0 Å². The number of hydrogen-bond acceptors (Lipinski definition) is 4. The lowest BCUT2D eigenvalue weighted by atomic mass is 10.0. The Hall–Kier alpha value is -1.66. The number of nitrogens with one attached hydrogen (secondary N) is 1. The number of halogens is 1. The minimum atomic E-state index is 0. The van der Waals surface area contributed by atoms with Crippen LogP contribution in [0, 0.1) is 20.8 Å². The Morgan fingerprint density at radius 1 is 1.26 bits per heavy atom. The molecule has 126 valence electrons. The summed E-state index contributed by atoms with van der Waals surface area (Å²) in [6, 6.07) is 2.49. The molecule has 2 aromatic heterocycles. The van der Waals surface area contributed by atoms with Crippen LogP contribution in [-0.2, 0) is 0 Å². The van der Waals surface area contributed by atoms with Gasteiger partial charge in [-0.15, -0.1) is 12.4 Å². The van der Waals surface area contributed by atoms with Crippen LogP contribution in [0.2, 0.25) is 0 Å². The summed E-state index contributed by atoms with van der Waals surface area (Å²) in [6.45, 7) is 7.39. The summed E-state index contributed by atoms with van der Waals surface area (Å²) in [5.74, 6) is 0.0551. The number of carbonyl (C=O) groups excluding carboxylic acids is 1. The SMILES string of the molecule is CNC1CCN(C(=O)c2c(C)nn3c(C)cc(C)nc23)CC1.Cl. The number of carbonyl (C=O) groups is 1. The monoisotopic (exact) mass is 337 g/mol. The molecule has 1 saturated heterocycles. The van der Waals surface area contributed by atoms with Crippen LogP contribution >= 0.6 is 12.4 Å². The summed E-state index contributed by atoms with van der Waals surface area (Å²) in [6.07, 6.45) is 1.98. The van der Waals surface area contributed by atoms with Gasteiger partial charge in [-0.25, -0.2) is 9.50 Å². The average Bonchev–Trinajstić information content (AvgIpc) is 2.83. The van der Waals surface area contributed by atoms with E-state index in [2.05, 4.69) is 15.4 Å². The lowest BCUT2D eigenvalue weighted by Crippen LogP contribution is -2.44. The second-order valence-electron chi connectivity index (χ2n) is 6.09. The normalized spacial score (nSPS) is 15.7. The highest BCUT2D eigenvalue weighted by Gasteiger charge is 2.27. The van der Waals surface area contributed by atoms with Crippen molar-refractivity contribution in [1.82, 2.24) is 24.8 Å². The highest BCUT2D eigenvalue weighted by molar-refractivity contribution is 6.01. The summed E-state index contributed by atoms with van der Waals surface area (Å²) in [5.41, 5.74) is 3.98. The van der Waals surface area contributed by atoms with E-state index in [0.717, 1.165) is 43.0 Å². The van der Waals surface area contributed by atoms with Gasteiger partial charge in [0.25, 0.3) is 5.91 Å². The quantitative estimate of drug-likeness (QED) is 0.909. The first-order valence-corrected chi connectivity index (χ1v) is 7.81. The van der Waals surface area contributed by atoms with E-state index in [1.54, 1.807) is 4.52 Å². The summed E-state index contributed by atoms with van der Waals surface area (Å²) in [7, 11) is 1.98. The Bertz CT molecular complexity index is 719. The molecular weight excluding hydrogens is 314 g/mol. The van der Waals surface area contributed by atoms with Gasteiger partial charge in [-0.3, -0.25) is 4.79 Å². The predicted octanol–water partition coefficient (Wildman–Crippen LogP) is 1.90. The van der Waals surface area contributed by atoms with E-state index in [-0.39, 0.29) is 18.3 Å². The third-order valence-electron chi connectivity index (χ3n) is 4.47. The zero-order valence-electron chi connectivity index (χ0n) is 14.1. The first-order valence-electron chi connectivity index (χ1n) is 7.81. The molecule has 23 heavy (non-hydrogen) atoms. The molecule has 0 unspecified atom stereocenters. The molecule has 7 heteroatoms. The van der Waals surface area contributed by atoms with Gasteiger partial charge in [0.15, 0.2) is 5.65 Å². The van der Waals surface area contributed by atoms with Crippen molar-refractivity contribution >= 4 is 24.0 Å². The molecule has 1 aliphatic rings. The molecule has 6 nitrogen and oxygen atoms in total. The van der Waals surface area contributed by atoms with Crippen LogP contribution < -0.4 is 5.32 Å². The fourth-order valence-electron chi connectivity index (χ4n) is 3.21. The lowest BCUT2D eigenvalue weighted by Gasteiger charge is -2.31. The first-order chi connectivity index (χ1) is 10.5. The van der Waals surface area contributed by atoms with Crippen LogP contribution in [0.15, 0.2) is 6.07 Å². The second-order valence-corrected chi connectivity index (χ2v) is 6.09. The van der Waals surface area contributed by atoms with Gasteiger partial charge < -0.3 is 10.2 Å². The number of aryl methyl sites for hydroxylation is 3. The van der Waals surface area contributed by atoms with Crippen LogP contribution in [0.25, 0.3) is 5.65 Å². The van der Waals surface area contributed by atoms with Crippen molar-refractivity contribution in [2.24, 2.45) is 0 Å². The number of fused-ring (bicyclic) bond motifs is 1. The van der Waals surface area contributed by atoms with Gasteiger partial charge in [-0.05, 0) is 46.7 Å². The zero-order valence-corrected chi connectivity index (χ0v) is 14.9. The first kappa shape index (κ1) is 17.7. The predicted molar refractivity (Wildman–Crippen MR) is 92.4 cm³/mol. The summed E-state index contributed by atoms with van der Waals surface area (Å²) in [4.78, 5) is 19.4. The minimum Gasteiger partial charge on any atom is -0.338 e. The average molecular weight is 338 g/mol. The van der Waals surface area contributed by atoms with E-state index in [0.29, 0.717) is 17.3 Å². The fraction of sp³-hybridized carbons (Fsp3) is 0.562. The third kappa shape index (κ3) is 3.19. The van der Waals surface area contributed by atoms with Gasteiger partial charge in [0.1, 0.15) is 5.56 Å². The van der Waals surface area contributed by atoms with Gasteiger partial charge in [-0.2, -0.15) is 5.10 Å². The largest absolute Gasteiger partial charge is 0.338 e. The smallest absolute Gasteiger partial charge is 0.259 e. The van der Waals surface area contributed by atoms with Gasteiger partial charge >= 0.3 is 0 Å². The molecule has 2 aromatic rings. The Balaban J connectivity index is 0.00000192. The summed E-state index contributed by atoms with van der Waals surface area (Å²) >= 11 is 0. The Morgan fingerprint density at radius 3 is 2.52 bits per heavy atom. The van der Waals surface area contributed by atoms with Crippen molar-refractivity contribution in [3.63, 3.8) is 0 Å². The third-order valence-corrected chi connectivity index (χ3v) is 4.47. The number of nitrogens with zero attached hydrogens (tertiary/aromatic N) is 4. The minimum absolute atomic E-state index is 0. The molecule has 0 radical (unpaired) electrons. The molecule has 0 spiro atoms. The van der Waals surface area contributed by atoms with Crippen molar-refractivity contribution in [2.75, 3.05) is 20.1 Å². The standard InChI is InChI=1S/C16H23N5O.ClH/c1-10-9-11(2)21-15(18-10)14(12(3)19-21)16(22)20-7-5-13(17-4)6-8-20;/h9,13,17H,5-8H2,1-4H3;1H. The van der Waals surface area contributed by atoms with Crippen LogP contribution in [0.1, 0.15) is 40.3 Å². The molecule has 0 bridgehead atoms.